The van der Waals surface area contributed by atoms with E-state index in [1.54, 1.807) is 6.20 Å². The maximum atomic E-state index is 6.10. The predicted molar refractivity (Wildman–Crippen MR) is 63.0 cm³/mol. The second-order valence-electron chi connectivity index (χ2n) is 4.23. The Morgan fingerprint density at radius 3 is 2.93 bits per heavy atom. The fourth-order valence-corrected chi connectivity index (χ4v) is 2.15. The van der Waals surface area contributed by atoms with E-state index in [9.17, 15) is 0 Å². The van der Waals surface area contributed by atoms with E-state index < -0.39 is 0 Å². The molecule has 1 aliphatic rings. The van der Waals surface area contributed by atoms with Crippen LogP contribution < -0.4 is 10.6 Å². The molecule has 1 saturated heterocycles. The maximum Gasteiger partial charge on any atom is 0.129 e. The molecule has 0 amide bonds. The fraction of sp³-hybridized carbons (Fsp3) is 0.545. The molecule has 1 unspecified atom stereocenters. The highest BCUT2D eigenvalue weighted by atomic mass is 35.5. The molecule has 2 N–H and O–H groups in total. The molecule has 2 atom stereocenters. The summed E-state index contributed by atoms with van der Waals surface area (Å²) < 4.78 is 0. The van der Waals surface area contributed by atoms with Gasteiger partial charge in [-0.05, 0) is 30.9 Å². The van der Waals surface area contributed by atoms with Gasteiger partial charge in [0.25, 0.3) is 0 Å². The number of anilines is 1. The number of hydrogen-bond donors (Lipinski definition) is 1. The van der Waals surface area contributed by atoms with E-state index in [1.807, 2.05) is 12.1 Å². The first-order chi connectivity index (χ1) is 7.16. The van der Waals surface area contributed by atoms with Crippen molar-refractivity contribution in [2.24, 2.45) is 11.7 Å². The number of piperidine rings is 1. The van der Waals surface area contributed by atoms with Gasteiger partial charge in [0.15, 0.2) is 0 Å². The average Bonchev–Trinajstić information content (AvgIpc) is 2.20. The van der Waals surface area contributed by atoms with Crippen LogP contribution in [-0.2, 0) is 0 Å². The zero-order valence-electron chi connectivity index (χ0n) is 8.86. The highest BCUT2D eigenvalue weighted by Gasteiger charge is 2.23. The standard InChI is InChI=1S/C11H16ClN3/c1-8-4-5-15(11(13)6-8)9-2-3-10(12)14-7-9/h2-3,7-8,11H,4-6,13H2,1H3/t8-,11?/m1/s1. The number of aromatic nitrogens is 1. The molecular formula is C11H16ClN3. The van der Waals surface area contributed by atoms with Crippen LogP contribution in [0.1, 0.15) is 19.8 Å². The third kappa shape index (κ3) is 2.41. The largest absolute Gasteiger partial charge is 0.355 e. The molecular weight excluding hydrogens is 210 g/mol. The Morgan fingerprint density at radius 2 is 2.33 bits per heavy atom. The summed E-state index contributed by atoms with van der Waals surface area (Å²) in [6, 6.07) is 3.78. The van der Waals surface area contributed by atoms with Crippen LogP contribution in [0.2, 0.25) is 5.15 Å². The van der Waals surface area contributed by atoms with Crippen molar-refractivity contribution < 1.29 is 0 Å². The molecule has 0 aliphatic carbocycles. The molecule has 1 aliphatic heterocycles. The minimum Gasteiger partial charge on any atom is -0.355 e. The monoisotopic (exact) mass is 225 g/mol. The summed E-state index contributed by atoms with van der Waals surface area (Å²) >= 11 is 5.75. The first kappa shape index (κ1) is 10.7. The van der Waals surface area contributed by atoms with Crippen molar-refractivity contribution in [3.8, 4) is 0 Å². The van der Waals surface area contributed by atoms with E-state index in [4.69, 9.17) is 17.3 Å². The lowest BCUT2D eigenvalue weighted by Gasteiger charge is -2.37. The van der Waals surface area contributed by atoms with Crippen LogP contribution in [0.4, 0.5) is 5.69 Å². The van der Waals surface area contributed by atoms with E-state index in [0.29, 0.717) is 5.15 Å². The second kappa shape index (κ2) is 4.37. The Morgan fingerprint density at radius 1 is 1.53 bits per heavy atom. The summed E-state index contributed by atoms with van der Waals surface area (Å²) in [4.78, 5) is 6.27. The van der Waals surface area contributed by atoms with Crippen LogP contribution in [-0.4, -0.2) is 17.7 Å². The third-order valence-electron chi connectivity index (χ3n) is 2.95. The number of hydrogen-bond acceptors (Lipinski definition) is 3. The summed E-state index contributed by atoms with van der Waals surface area (Å²) in [6.45, 7) is 3.25. The van der Waals surface area contributed by atoms with E-state index in [-0.39, 0.29) is 6.17 Å². The molecule has 1 aromatic rings. The van der Waals surface area contributed by atoms with Crippen molar-refractivity contribution in [3.63, 3.8) is 0 Å². The SMILES string of the molecule is C[C@@H]1CCN(c2ccc(Cl)nc2)C(N)C1. The Bertz CT molecular complexity index is 325. The smallest absolute Gasteiger partial charge is 0.129 e. The van der Waals surface area contributed by atoms with Crippen molar-refractivity contribution in [2.75, 3.05) is 11.4 Å². The Kier molecular flexibility index (Phi) is 3.12. The lowest BCUT2D eigenvalue weighted by molar-refractivity contribution is 0.368. The van der Waals surface area contributed by atoms with Crippen LogP contribution in [0.5, 0.6) is 0 Å². The van der Waals surface area contributed by atoms with Gasteiger partial charge in [-0.2, -0.15) is 0 Å². The predicted octanol–water partition coefficient (Wildman–Crippen LogP) is 2.26. The molecule has 2 rings (SSSR count). The fourth-order valence-electron chi connectivity index (χ4n) is 2.04. The molecule has 0 radical (unpaired) electrons. The minimum absolute atomic E-state index is 0.108. The Balaban J connectivity index is 2.13. The first-order valence-electron chi connectivity index (χ1n) is 5.30. The molecule has 1 fully saturated rings. The van der Waals surface area contributed by atoms with Crippen LogP contribution >= 0.6 is 11.6 Å². The topological polar surface area (TPSA) is 42.2 Å². The van der Waals surface area contributed by atoms with E-state index in [0.717, 1.165) is 24.6 Å². The first-order valence-corrected chi connectivity index (χ1v) is 5.68. The lowest BCUT2D eigenvalue weighted by atomic mass is 9.96. The summed E-state index contributed by atoms with van der Waals surface area (Å²) in [5.41, 5.74) is 7.17. The Hall–Kier alpha value is -0.800. The van der Waals surface area contributed by atoms with Crippen molar-refractivity contribution in [2.45, 2.75) is 25.9 Å². The van der Waals surface area contributed by atoms with Gasteiger partial charge in [0, 0.05) is 6.54 Å². The van der Waals surface area contributed by atoms with Gasteiger partial charge in [-0.15, -0.1) is 0 Å². The third-order valence-corrected chi connectivity index (χ3v) is 3.17. The molecule has 0 bridgehead atoms. The maximum absolute atomic E-state index is 6.10. The number of halogens is 1. The molecule has 2 heterocycles. The van der Waals surface area contributed by atoms with Crippen molar-refractivity contribution in [3.05, 3.63) is 23.5 Å². The summed E-state index contributed by atoms with van der Waals surface area (Å²) in [6.07, 6.45) is 4.13. The van der Waals surface area contributed by atoms with Crippen LogP contribution in [0.15, 0.2) is 18.3 Å². The molecule has 15 heavy (non-hydrogen) atoms. The summed E-state index contributed by atoms with van der Waals surface area (Å²) in [7, 11) is 0. The minimum atomic E-state index is 0.108. The van der Waals surface area contributed by atoms with Gasteiger partial charge in [-0.1, -0.05) is 18.5 Å². The van der Waals surface area contributed by atoms with Crippen molar-refractivity contribution in [1.82, 2.24) is 4.98 Å². The lowest BCUT2D eigenvalue weighted by Crippen LogP contribution is -2.47. The molecule has 82 valence electrons. The van der Waals surface area contributed by atoms with Gasteiger partial charge in [0.2, 0.25) is 0 Å². The van der Waals surface area contributed by atoms with Crippen LogP contribution in [0.3, 0.4) is 0 Å². The summed E-state index contributed by atoms with van der Waals surface area (Å²) in [5.74, 6) is 0.719. The van der Waals surface area contributed by atoms with Crippen molar-refractivity contribution >= 4 is 17.3 Å². The number of pyridine rings is 1. The molecule has 0 spiro atoms. The molecule has 0 saturated carbocycles. The number of nitrogens with zero attached hydrogens (tertiary/aromatic N) is 2. The second-order valence-corrected chi connectivity index (χ2v) is 4.62. The molecule has 4 heteroatoms. The van der Waals surface area contributed by atoms with Gasteiger partial charge in [0.05, 0.1) is 18.1 Å². The zero-order chi connectivity index (χ0) is 10.8. The van der Waals surface area contributed by atoms with Gasteiger partial charge >= 0.3 is 0 Å². The van der Waals surface area contributed by atoms with Crippen molar-refractivity contribution in [1.29, 1.82) is 0 Å². The van der Waals surface area contributed by atoms with E-state index in [1.165, 1.54) is 6.42 Å². The number of rotatable bonds is 1. The molecule has 1 aromatic heterocycles. The highest BCUT2D eigenvalue weighted by Crippen LogP contribution is 2.25. The number of nitrogens with two attached hydrogens (primary N) is 1. The van der Waals surface area contributed by atoms with Gasteiger partial charge in [0.1, 0.15) is 5.15 Å². The van der Waals surface area contributed by atoms with E-state index >= 15 is 0 Å². The average molecular weight is 226 g/mol. The highest BCUT2D eigenvalue weighted by molar-refractivity contribution is 6.29. The molecule has 0 aromatic carbocycles. The van der Waals surface area contributed by atoms with Gasteiger partial charge < -0.3 is 10.6 Å². The van der Waals surface area contributed by atoms with Gasteiger partial charge in [-0.25, -0.2) is 4.98 Å². The van der Waals surface area contributed by atoms with E-state index in [2.05, 4.69) is 16.8 Å². The van der Waals surface area contributed by atoms with Gasteiger partial charge in [-0.3, -0.25) is 0 Å². The molecule has 3 nitrogen and oxygen atoms in total. The Labute approximate surface area is 95.2 Å². The van der Waals surface area contributed by atoms with Crippen LogP contribution in [0, 0.1) is 5.92 Å². The quantitative estimate of drug-likeness (QED) is 0.746. The normalized spacial score (nSPS) is 26.7. The zero-order valence-corrected chi connectivity index (χ0v) is 9.61. The van der Waals surface area contributed by atoms with Crippen LogP contribution in [0.25, 0.3) is 0 Å². The summed E-state index contributed by atoms with van der Waals surface area (Å²) in [5, 5.41) is 0.526.